The van der Waals surface area contributed by atoms with Crippen molar-refractivity contribution < 1.29 is 13.2 Å². The van der Waals surface area contributed by atoms with Crippen molar-refractivity contribution >= 4 is 62.1 Å². The van der Waals surface area contributed by atoms with Gasteiger partial charge in [-0.1, -0.05) is 46.9 Å². The number of nitrogens with zero attached hydrogens (tertiary/aromatic N) is 1. The quantitative estimate of drug-likeness (QED) is 0.492. The van der Waals surface area contributed by atoms with Crippen molar-refractivity contribution in [2.45, 2.75) is 11.3 Å². The van der Waals surface area contributed by atoms with Crippen LogP contribution >= 0.6 is 34.8 Å². The molecule has 0 saturated carbocycles. The summed E-state index contributed by atoms with van der Waals surface area (Å²) in [6.45, 7) is 0. The summed E-state index contributed by atoms with van der Waals surface area (Å²) >= 11 is 17.6. The molecule has 3 aromatic carbocycles. The maximum absolute atomic E-state index is 12.8. The maximum atomic E-state index is 12.8. The zero-order valence-electron chi connectivity index (χ0n) is 15.8. The van der Waals surface area contributed by atoms with Gasteiger partial charge in [-0.25, -0.2) is 8.42 Å². The number of hydrogen-bond acceptors (Lipinski definition) is 3. The third-order valence-electron chi connectivity index (χ3n) is 4.34. The number of halogens is 3. The van der Waals surface area contributed by atoms with Crippen molar-refractivity contribution in [2.24, 2.45) is 0 Å². The zero-order valence-corrected chi connectivity index (χ0v) is 18.9. The number of rotatable bonds is 6. The summed E-state index contributed by atoms with van der Waals surface area (Å²) in [6, 6.07) is 17.5. The molecule has 1 amide bonds. The van der Waals surface area contributed by atoms with Gasteiger partial charge in [0, 0.05) is 17.8 Å². The molecule has 0 spiro atoms. The average Bonchev–Trinajstić information content (AvgIpc) is 2.71. The van der Waals surface area contributed by atoms with Gasteiger partial charge in [-0.05, 0) is 60.2 Å². The second-order valence-electron chi connectivity index (χ2n) is 6.45. The molecular weight excluding hydrogens is 467 g/mol. The number of hydrogen-bond donors (Lipinski definition) is 1. The van der Waals surface area contributed by atoms with Gasteiger partial charge in [-0.2, -0.15) is 0 Å². The summed E-state index contributed by atoms with van der Waals surface area (Å²) in [5, 5.41) is 3.96. The van der Waals surface area contributed by atoms with E-state index in [-0.39, 0.29) is 17.2 Å². The molecule has 0 aliphatic carbocycles. The Morgan fingerprint density at radius 2 is 1.53 bits per heavy atom. The molecule has 9 heteroatoms. The minimum absolute atomic E-state index is 0.119. The smallest absolute Gasteiger partial charge is 0.264 e. The largest absolute Gasteiger partial charge is 0.326 e. The van der Waals surface area contributed by atoms with Gasteiger partial charge in [-0.3, -0.25) is 9.10 Å². The van der Waals surface area contributed by atoms with Crippen LogP contribution in [0.5, 0.6) is 0 Å². The van der Waals surface area contributed by atoms with Crippen LogP contribution in [0.25, 0.3) is 0 Å². The summed E-state index contributed by atoms with van der Waals surface area (Å²) < 4.78 is 26.7. The lowest BCUT2D eigenvalue weighted by Gasteiger charge is -2.20. The lowest BCUT2D eigenvalue weighted by atomic mass is 10.1. The number of sulfonamides is 1. The van der Waals surface area contributed by atoms with Crippen LogP contribution in [0.1, 0.15) is 5.56 Å². The number of anilines is 2. The van der Waals surface area contributed by atoms with E-state index >= 15 is 0 Å². The molecule has 0 fully saturated rings. The molecule has 0 radical (unpaired) electrons. The summed E-state index contributed by atoms with van der Waals surface area (Å²) in [4.78, 5) is 12.4. The van der Waals surface area contributed by atoms with Crippen LogP contribution in [0, 0.1) is 0 Å². The minimum atomic E-state index is -3.72. The number of carbonyl (C=O) groups excluding carboxylic acids is 1. The SMILES string of the molecule is CN(c1ccc(CC(=O)Nc2ccc(Cl)c(Cl)c2)cc1)S(=O)(=O)c1ccc(Cl)cc1. The first-order valence-electron chi connectivity index (χ1n) is 8.75. The average molecular weight is 484 g/mol. The molecule has 0 unspecified atom stereocenters. The second-order valence-corrected chi connectivity index (χ2v) is 9.67. The summed E-state index contributed by atoms with van der Waals surface area (Å²) in [5.41, 5.74) is 1.74. The van der Waals surface area contributed by atoms with Crippen LogP contribution in [0.3, 0.4) is 0 Å². The predicted octanol–water partition coefficient (Wildman–Crippen LogP) is 5.65. The van der Waals surface area contributed by atoms with E-state index < -0.39 is 10.0 Å². The summed E-state index contributed by atoms with van der Waals surface area (Å²) in [6.07, 6.45) is 0.119. The molecule has 0 saturated heterocycles. The third kappa shape index (κ3) is 5.26. The molecule has 0 atom stereocenters. The maximum Gasteiger partial charge on any atom is 0.264 e. The Labute approximate surface area is 190 Å². The van der Waals surface area contributed by atoms with E-state index in [1.165, 1.54) is 35.6 Å². The molecule has 0 aliphatic heterocycles. The van der Waals surface area contributed by atoms with E-state index in [9.17, 15) is 13.2 Å². The molecule has 3 aromatic rings. The molecule has 156 valence electrons. The third-order valence-corrected chi connectivity index (χ3v) is 7.13. The van der Waals surface area contributed by atoms with Crippen LogP contribution in [-0.4, -0.2) is 21.4 Å². The fourth-order valence-electron chi connectivity index (χ4n) is 2.69. The highest BCUT2D eigenvalue weighted by atomic mass is 35.5. The Hall–Kier alpha value is -2.25. The first kappa shape index (κ1) is 22.4. The predicted molar refractivity (Wildman–Crippen MR) is 122 cm³/mol. The topological polar surface area (TPSA) is 66.5 Å². The molecule has 1 N–H and O–H groups in total. The van der Waals surface area contributed by atoms with Crippen LogP contribution in [0.4, 0.5) is 11.4 Å². The van der Waals surface area contributed by atoms with Gasteiger partial charge in [-0.15, -0.1) is 0 Å². The first-order chi connectivity index (χ1) is 14.2. The van der Waals surface area contributed by atoms with E-state index in [1.807, 2.05) is 0 Å². The molecule has 0 aliphatic rings. The van der Waals surface area contributed by atoms with Crippen molar-refractivity contribution in [3.8, 4) is 0 Å². The Balaban J connectivity index is 1.68. The highest BCUT2D eigenvalue weighted by Gasteiger charge is 2.21. The van der Waals surface area contributed by atoms with Crippen molar-refractivity contribution in [1.29, 1.82) is 0 Å². The van der Waals surface area contributed by atoms with E-state index in [2.05, 4.69) is 5.32 Å². The normalized spacial score (nSPS) is 11.2. The Morgan fingerprint density at radius 1 is 0.900 bits per heavy atom. The first-order valence-corrected chi connectivity index (χ1v) is 11.3. The highest BCUT2D eigenvalue weighted by Crippen LogP contribution is 2.26. The number of amides is 1. The monoisotopic (exact) mass is 482 g/mol. The standard InChI is InChI=1S/C21H17Cl3N2O3S/c1-26(30(28,29)18-9-4-15(22)5-10-18)17-7-2-14(3-8-17)12-21(27)25-16-6-11-19(23)20(24)13-16/h2-11,13H,12H2,1H3,(H,25,27). The molecule has 5 nitrogen and oxygen atoms in total. The van der Waals surface area contributed by atoms with Gasteiger partial charge in [0.1, 0.15) is 0 Å². The van der Waals surface area contributed by atoms with Crippen LogP contribution in [0.15, 0.2) is 71.6 Å². The van der Waals surface area contributed by atoms with E-state index in [1.54, 1.807) is 42.5 Å². The Morgan fingerprint density at radius 3 is 2.13 bits per heavy atom. The van der Waals surface area contributed by atoms with Gasteiger partial charge >= 0.3 is 0 Å². The fourth-order valence-corrected chi connectivity index (χ4v) is 4.31. The van der Waals surface area contributed by atoms with Crippen molar-refractivity contribution in [3.05, 3.63) is 87.4 Å². The molecule has 0 bridgehead atoms. The molecule has 0 heterocycles. The molecular formula is C21H17Cl3N2O3S. The van der Waals surface area contributed by atoms with Gasteiger partial charge in [0.05, 0.1) is 27.0 Å². The Kier molecular flexibility index (Phi) is 6.93. The van der Waals surface area contributed by atoms with Gasteiger partial charge < -0.3 is 5.32 Å². The van der Waals surface area contributed by atoms with Crippen LogP contribution in [-0.2, 0) is 21.2 Å². The van der Waals surface area contributed by atoms with Crippen molar-refractivity contribution in [3.63, 3.8) is 0 Å². The van der Waals surface area contributed by atoms with Crippen LogP contribution < -0.4 is 9.62 Å². The summed E-state index contributed by atoms with van der Waals surface area (Å²) in [7, 11) is -2.25. The van der Waals surface area contributed by atoms with Crippen molar-refractivity contribution in [1.82, 2.24) is 0 Å². The molecule has 0 aromatic heterocycles. The minimum Gasteiger partial charge on any atom is -0.326 e. The Bertz CT molecular complexity index is 1170. The van der Waals surface area contributed by atoms with E-state index in [4.69, 9.17) is 34.8 Å². The number of nitrogens with one attached hydrogen (secondary N) is 1. The van der Waals surface area contributed by atoms with E-state index in [0.717, 1.165) is 5.56 Å². The summed E-state index contributed by atoms with van der Waals surface area (Å²) in [5.74, 6) is -0.233. The van der Waals surface area contributed by atoms with E-state index in [0.29, 0.717) is 26.4 Å². The van der Waals surface area contributed by atoms with Gasteiger partial charge in [0.25, 0.3) is 10.0 Å². The number of benzene rings is 3. The number of carbonyl (C=O) groups is 1. The fraction of sp³-hybridized carbons (Fsp3) is 0.0952. The molecule has 3 rings (SSSR count). The zero-order chi connectivity index (χ0) is 21.9. The van der Waals surface area contributed by atoms with Gasteiger partial charge in [0.2, 0.25) is 5.91 Å². The molecule has 30 heavy (non-hydrogen) atoms. The highest BCUT2D eigenvalue weighted by molar-refractivity contribution is 7.92. The van der Waals surface area contributed by atoms with Gasteiger partial charge in [0.15, 0.2) is 0 Å². The second kappa shape index (κ2) is 9.27. The van der Waals surface area contributed by atoms with Crippen LogP contribution in [0.2, 0.25) is 15.1 Å². The lowest BCUT2D eigenvalue weighted by molar-refractivity contribution is -0.115. The van der Waals surface area contributed by atoms with Crippen molar-refractivity contribution in [2.75, 3.05) is 16.7 Å². The lowest BCUT2D eigenvalue weighted by Crippen LogP contribution is -2.26.